The van der Waals surface area contributed by atoms with Gasteiger partial charge in [-0.2, -0.15) is 0 Å². The number of hydrazine groups is 1. The highest BCUT2D eigenvalue weighted by atomic mass is 35.5. The van der Waals surface area contributed by atoms with Gasteiger partial charge < -0.3 is 5.32 Å². The van der Waals surface area contributed by atoms with Crippen LogP contribution >= 0.6 is 23.2 Å². The fourth-order valence-corrected chi connectivity index (χ4v) is 1.36. The highest BCUT2D eigenvalue weighted by Crippen LogP contribution is 2.22. The number of amides is 2. The lowest BCUT2D eigenvalue weighted by molar-refractivity contribution is 0.223. The molecule has 0 radical (unpaired) electrons. The fraction of sp³-hybridized carbons (Fsp3) is 0.125. The maximum atomic E-state index is 11.1. The van der Waals surface area contributed by atoms with Crippen LogP contribution in [0.1, 0.15) is 0 Å². The van der Waals surface area contributed by atoms with Gasteiger partial charge >= 0.3 is 6.03 Å². The van der Waals surface area contributed by atoms with Crippen LogP contribution in [0.4, 0.5) is 10.5 Å². The Labute approximate surface area is 91.5 Å². The molecular formula is C8H9Cl2N3O. The molecule has 6 heteroatoms. The normalized spacial score (nSPS) is 9.71. The topological polar surface area (TPSA) is 58.4 Å². The Kier molecular flexibility index (Phi) is 3.57. The summed E-state index contributed by atoms with van der Waals surface area (Å²) in [6.45, 7) is 0. The molecule has 0 heterocycles. The predicted octanol–water partition coefficient (Wildman–Crippen LogP) is 2.33. The number of hydrogen-bond acceptors (Lipinski definition) is 2. The molecule has 0 aliphatic rings. The maximum Gasteiger partial charge on any atom is 0.335 e. The smallest absolute Gasteiger partial charge is 0.307 e. The number of benzene rings is 1. The van der Waals surface area contributed by atoms with E-state index in [9.17, 15) is 4.79 Å². The summed E-state index contributed by atoms with van der Waals surface area (Å²) in [5.74, 6) is 5.22. The van der Waals surface area contributed by atoms with E-state index < -0.39 is 6.03 Å². The van der Waals surface area contributed by atoms with E-state index in [0.29, 0.717) is 15.7 Å². The molecule has 0 bridgehead atoms. The lowest BCUT2D eigenvalue weighted by Gasteiger charge is -2.11. The third-order valence-corrected chi connectivity index (χ3v) is 1.87. The average molecular weight is 234 g/mol. The minimum absolute atomic E-state index is 0.441. The molecule has 0 aliphatic carbocycles. The van der Waals surface area contributed by atoms with E-state index in [1.165, 1.54) is 7.05 Å². The van der Waals surface area contributed by atoms with Crippen molar-refractivity contribution in [3.05, 3.63) is 28.2 Å². The predicted molar refractivity (Wildman–Crippen MR) is 57.4 cm³/mol. The zero-order valence-corrected chi connectivity index (χ0v) is 8.93. The van der Waals surface area contributed by atoms with Gasteiger partial charge in [-0.15, -0.1) is 0 Å². The molecule has 0 atom stereocenters. The average Bonchev–Trinajstić information content (AvgIpc) is 2.01. The Morgan fingerprint density at radius 2 is 1.86 bits per heavy atom. The van der Waals surface area contributed by atoms with E-state index >= 15 is 0 Å². The molecule has 76 valence electrons. The van der Waals surface area contributed by atoms with Gasteiger partial charge in [0, 0.05) is 22.8 Å². The molecule has 0 saturated heterocycles. The molecule has 1 aromatic carbocycles. The summed E-state index contributed by atoms with van der Waals surface area (Å²) in [6, 6.07) is 4.29. The van der Waals surface area contributed by atoms with Gasteiger partial charge in [-0.3, -0.25) is 5.01 Å². The van der Waals surface area contributed by atoms with E-state index in [1.807, 2.05) is 0 Å². The number of carbonyl (C=O) groups excluding carboxylic acids is 1. The minimum Gasteiger partial charge on any atom is -0.307 e. The van der Waals surface area contributed by atoms with Crippen molar-refractivity contribution >= 4 is 34.9 Å². The Bertz CT molecular complexity index is 334. The molecule has 1 aromatic rings. The third-order valence-electron chi connectivity index (χ3n) is 1.43. The summed E-state index contributed by atoms with van der Waals surface area (Å²) < 4.78 is 0. The van der Waals surface area contributed by atoms with Crippen LogP contribution in [0.3, 0.4) is 0 Å². The molecule has 0 fully saturated rings. The van der Waals surface area contributed by atoms with Crippen molar-refractivity contribution in [2.24, 2.45) is 5.84 Å². The van der Waals surface area contributed by atoms with Crippen molar-refractivity contribution in [1.82, 2.24) is 5.01 Å². The second kappa shape index (κ2) is 4.50. The summed E-state index contributed by atoms with van der Waals surface area (Å²) >= 11 is 11.5. The lowest BCUT2D eigenvalue weighted by Crippen LogP contribution is -2.36. The fourth-order valence-electron chi connectivity index (χ4n) is 0.838. The molecule has 4 nitrogen and oxygen atoms in total. The molecule has 1 rings (SSSR count). The number of nitrogens with zero attached hydrogens (tertiary/aromatic N) is 1. The van der Waals surface area contributed by atoms with Crippen molar-refractivity contribution in [3.8, 4) is 0 Å². The second-order valence-corrected chi connectivity index (χ2v) is 3.57. The third kappa shape index (κ3) is 3.06. The van der Waals surface area contributed by atoms with E-state index in [0.717, 1.165) is 5.01 Å². The zero-order valence-electron chi connectivity index (χ0n) is 7.42. The van der Waals surface area contributed by atoms with Gasteiger partial charge in [0.2, 0.25) is 0 Å². The molecule has 14 heavy (non-hydrogen) atoms. The number of nitrogens with one attached hydrogen (secondary N) is 1. The van der Waals surface area contributed by atoms with E-state index in [2.05, 4.69) is 5.32 Å². The SMILES string of the molecule is CN(N)C(=O)Nc1cc(Cl)cc(Cl)c1. The summed E-state index contributed by atoms with van der Waals surface area (Å²) in [6.07, 6.45) is 0. The molecule has 3 N–H and O–H groups in total. The first-order valence-corrected chi connectivity index (χ1v) is 4.50. The number of urea groups is 1. The van der Waals surface area contributed by atoms with Crippen LogP contribution in [-0.4, -0.2) is 18.1 Å². The van der Waals surface area contributed by atoms with Gasteiger partial charge in [-0.05, 0) is 18.2 Å². The first-order valence-electron chi connectivity index (χ1n) is 3.74. The minimum atomic E-state index is -0.441. The highest BCUT2D eigenvalue weighted by molar-refractivity contribution is 6.35. The molecule has 0 spiro atoms. The van der Waals surface area contributed by atoms with Crippen molar-refractivity contribution in [1.29, 1.82) is 0 Å². The van der Waals surface area contributed by atoms with Crippen molar-refractivity contribution in [3.63, 3.8) is 0 Å². The van der Waals surface area contributed by atoms with E-state index in [1.54, 1.807) is 18.2 Å². The largest absolute Gasteiger partial charge is 0.335 e. The molecule has 0 aromatic heterocycles. The van der Waals surface area contributed by atoms with Gasteiger partial charge in [0.15, 0.2) is 0 Å². The van der Waals surface area contributed by atoms with Gasteiger partial charge in [-0.25, -0.2) is 10.6 Å². The second-order valence-electron chi connectivity index (χ2n) is 2.70. The van der Waals surface area contributed by atoms with Crippen molar-refractivity contribution in [2.45, 2.75) is 0 Å². The number of carbonyl (C=O) groups is 1. The van der Waals surface area contributed by atoms with Gasteiger partial charge in [0.25, 0.3) is 0 Å². The Morgan fingerprint density at radius 3 is 2.29 bits per heavy atom. The summed E-state index contributed by atoms with van der Waals surface area (Å²) in [4.78, 5) is 11.1. The van der Waals surface area contributed by atoms with Crippen LogP contribution in [0.5, 0.6) is 0 Å². The number of nitrogens with two attached hydrogens (primary N) is 1. The summed E-state index contributed by atoms with van der Waals surface area (Å²) in [7, 11) is 1.43. The van der Waals surface area contributed by atoms with Crippen LogP contribution in [0.15, 0.2) is 18.2 Å². The van der Waals surface area contributed by atoms with Crippen LogP contribution < -0.4 is 11.2 Å². The van der Waals surface area contributed by atoms with Gasteiger partial charge in [0.1, 0.15) is 0 Å². The number of hydrogen-bond donors (Lipinski definition) is 2. The number of rotatable bonds is 1. The molecule has 0 aliphatic heterocycles. The van der Waals surface area contributed by atoms with Crippen LogP contribution in [0, 0.1) is 0 Å². The van der Waals surface area contributed by atoms with Crippen molar-refractivity contribution in [2.75, 3.05) is 12.4 Å². The van der Waals surface area contributed by atoms with Gasteiger partial charge in [-0.1, -0.05) is 23.2 Å². The van der Waals surface area contributed by atoms with E-state index in [-0.39, 0.29) is 0 Å². The zero-order chi connectivity index (χ0) is 10.7. The number of anilines is 1. The monoisotopic (exact) mass is 233 g/mol. The highest BCUT2D eigenvalue weighted by Gasteiger charge is 2.05. The first kappa shape index (κ1) is 11.1. The summed E-state index contributed by atoms with van der Waals surface area (Å²) in [5.41, 5.74) is 0.504. The first-order chi connectivity index (χ1) is 6.49. The standard InChI is InChI=1S/C8H9Cl2N3O/c1-13(11)8(14)12-7-3-5(9)2-6(10)4-7/h2-4H,11H2,1H3,(H,12,14). The lowest BCUT2D eigenvalue weighted by atomic mass is 10.3. The molecule has 0 saturated carbocycles. The van der Waals surface area contributed by atoms with Crippen LogP contribution in [0.25, 0.3) is 0 Å². The van der Waals surface area contributed by atoms with Crippen LogP contribution in [0.2, 0.25) is 10.0 Å². The Balaban J connectivity index is 2.82. The molecular weight excluding hydrogens is 225 g/mol. The summed E-state index contributed by atoms with van der Waals surface area (Å²) in [5, 5.41) is 4.34. The van der Waals surface area contributed by atoms with E-state index in [4.69, 9.17) is 29.0 Å². The quantitative estimate of drug-likeness (QED) is 0.445. The van der Waals surface area contributed by atoms with Crippen LogP contribution in [-0.2, 0) is 0 Å². The maximum absolute atomic E-state index is 11.1. The van der Waals surface area contributed by atoms with Gasteiger partial charge in [0.05, 0.1) is 0 Å². The number of halogens is 2. The van der Waals surface area contributed by atoms with Crippen molar-refractivity contribution < 1.29 is 4.79 Å². The Hall–Kier alpha value is -0.970. The Morgan fingerprint density at radius 1 is 1.36 bits per heavy atom. The molecule has 2 amide bonds. The molecule has 0 unspecified atom stereocenters.